The Balaban J connectivity index is 1.25. The van der Waals surface area contributed by atoms with Crippen molar-refractivity contribution in [3.63, 3.8) is 0 Å². The maximum atomic E-state index is 13.2. The number of hydrogen-bond acceptors (Lipinski definition) is 6. The molecule has 2 aromatic carbocycles. The van der Waals surface area contributed by atoms with Gasteiger partial charge in [-0.25, -0.2) is 9.79 Å². The van der Waals surface area contributed by atoms with Gasteiger partial charge in [0.15, 0.2) is 0 Å². The van der Waals surface area contributed by atoms with Gasteiger partial charge in [-0.3, -0.25) is 4.90 Å². The Bertz CT molecular complexity index is 1150. The lowest BCUT2D eigenvalue weighted by Gasteiger charge is -2.43. The summed E-state index contributed by atoms with van der Waals surface area (Å²) >= 11 is 0. The molecule has 0 radical (unpaired) electrons. The van der Waals surface area contributed by atoms with Gasteiger partial charge in [0.1, 0.15) is 17.8 Å². The van der Waals surface area contributed by atoms with Gasteiger partial charge in [-0.05, 0) is 50.1 Å². The van der Waals surface area contributed by atoms with Crippen LogP contribution in [-0.4, -0.2) is 73.7 Å². The average Bonchev–Trinajstić information content (AvgIpc) is 3.63. The summed E-state index contributed by atoms with van der Waals surface area (Å²) in [5, 5.41) is 6.64. The predicted octanol–water partition coefficient (Wildman–Crippen LogP) is 3.72. The van der Waals surface area contributed by atoms with Crippen LogP contribution in [0.4, 0.5) is 21.9 Å². The minimum Gasteiger partial charge on any atom is -0.494 e. The summed E-state index contributed by atoms with van der Waals surface area (Å²) < 4.78 is 5.69. The van der Waals surface area contributed by atoms with Crippen LogP contribution >= 0.6 is 0 Å². The topological polar surface area (TPSA) is 72.2 Å². The number of nitrogens with zero attached hydrogens (tertiary/aromatic N) is 4. The molecule has 0 aliphatic carbocycles. The van der Waals surface area contributed by atoms with Crippen molar-refractivity contribution in [3.05, 3.63) is 47.5 Å². The fourth-order valence-electron chi connectivity index (χ4n) is 5.47. The van der Waals surface area contributed by atoms with Gasteiger partial charge >= 0.3 is 6.03 Å². The molecule has 4 heterocycles. The van der Waals surface area contributed by atoms with Crippen LogP contribution in [0.15, 0.2) is 41.4 Å². The molecular weight excluding hydrogens is 428 g/mol. The maximum Gasteiger partial charge on any atom is 0.322 e. The SMILES string of the molecule is COc1cc2c(cc1NC(=O)N1CCN3CCCCC3C1)C(Nc1cccc(C)c1)=NC1CN21. The van der Waals surface area contributed by atoms with Gasteiger partial charge in [0, 0.05) is 43.0 Å². The number of urea groups is 1. The summed E-state index contributed by atoms with van der Waals surface area (Å²) in [5.41, 5.74) is 4.93. The van der Waals surface area contributed by atoms with E-state index in [-0.39, 0.29) is 12.2 Å². The highest BCUT2D eigenvalue weighted by Crippen LogP contribution is 2.42. The molecule has 3 fully saturated rings. The second kappa shape index (κ2) is 8.51. The van der Waals surface area contributed by atoms with Gasteiger partial charge < -0.3 is 25.2 Å². The number of carbonyl (C=O) groups is 1. The lowest BCUT2D eigenvalue weighted by molar-refractivity contribution is 0.0678. The first-order valence-corrected chi connectivity index (χ1v) is 12.3. The minimum atomic E-state index is -0.0611. The van der Waals surface area contributed by atoms with E-state index in [4.69, 9.17) is 9.73 Å². The summed E-state index contributed by atoms with van der Waals surface area (Å²) in [6, 6.07) is 12.7. The summed E-state index contributed by atoms with van der Waals surface area (Å²) in [7, 11) is 1.65. The van der Waals surface area contributed by atoms with E-state index in [1.165, 1.54) is 24.8 Å². The molecule has 0 spiro atoms. The second-order valence-corrected chi connectivity index (χ2v) is 9.74. The van der Waals surface area contributed by atoms with Crippen LogP contribution in [0.3, 0.4) is 0 Å². The number of benzene rings is 2. The Labute approximate surface area is 200 Å². The first-order chi connectivity index (χ1) is 16.6. The Morgan fingerprint density at radius 2 is 2.03 bits per heavy atom. The van der Waals surface area contributed by atoms with E-state index >= 15 is 0 Å². The van der Waals surface area contributed by atoms with Crippen LogP contribution in [0, 0.1) is 6.92 Å². The van der Waals surface area contributed by atoms with Gasteiger partial charge in [-0.2, -0.15) is 0 Å². The van der Waals surface area contributed by atoms with E-state index < -0.39 is 0 Å². The number of hydrogen-bond donors (Lipinski definition) is 2. The molecule has 8 heteroatoms. The Morgan fingerprint density at radius 1 is 1.12 bits per heavy atom. The zero-order valence-electron chi connectivity index (χ0n) is 19.9. The van der Waals surface area contributed by atoms with Crippen LogP contribution in [-0.2, 0) is 0 Å². The Hall–Kier alpha value is -3.26. The molecule has 2 unspecified atom stereocenters. The number of aryl methyl sites for hydroxylation is 1. The zero-order chi connectivity index (χ0) is 23.2. The summed E-state index contributed by atoms with van der Waals surface area (Å²) in [5.74, 6) is 1.50. The quantitative estimate of drug-likeness (QED) is 0.683. The van der Waals surface area contributed by atoms with Crippen molar-refractivity contribution in [2.45, 2.75) is 38.4 Å². The number of rotatable bonds is 3. The molecule has 8 nitrogen and oxygen atoms in total. The number of ether oxygens (including phenoxy) is 1. The smallest absolute Gasteiger partial charge is 0.322 e. The van der Waals surface area contributed by atoms with Gasteiger partial charge in [-0.1, -0.05) is 18.6 Å². The Kier molecular flexibility index (Phi) is 5.32. The summed E-state index contributed by atoms with van der Waals surface area (Å²) in [6.45, 7) is 6.63. The molecule has 2 amide bonds. The second-order valence-electron chi connectivity index (χ2n) is 9.74. The molecule has 4 aliphatic rings. The molecule has 178 valence electrons. The third-order valence-corrected chi connectivity index (χ3v) is 7.39. The highest BCUT2D eigenvalue weighted by atomic mass is 16.5. The zero-order valence-corrected chi connectivity index (χ0v) is 19.9. The summed E-state index contributed by atoms with van der Waals surface area (Å²) in [4.78, 5) is 24.9. The van der Waals surface area contributed by atoms with Crippen LogP contribution in [0.5, 0.6) is 5.75 Å². The molecule has 3 saturated heterocycles. The van der Waals surface area contributed by atoms with Crippen LogP contribution < -0.4 is 20.3 Å². The van der Waals surface area contributed by atoms with E-state index in [0.717, 1.165) is 55.5 Å². The number of piperazine rings is 1. The van der Waals surface area contributed by atoms with Crippen molar-refractivity contribution < 1.29 is 9.53 Å². The normalized spacial score (nSPS) is 23.3. The number of methoxy groups -OCH3 is 1. The Morgan fingerprint density at radius 3 is 2.88 bits per heavy atom. The number of fused-ring (bicyclic) bond motifs is 4. The highest BCUT2D eigenvalue weighted by Gasteiger charge is 2.41. The molecule has 4 aliphatic heterocycles. The molecule has 2 aromatic rings. The predicted molar refractivity (Wildman–Crippen MR) is 135 cm³/mol. The number of amides is 2. The van der Waals surface area contributed by atoms with Crippen molar-refractivity contribution in [2.24, 2.45) is 4.99 Å². The van der Waals surface area contributed by atoms with Crippen molar-refractivity contribution in [3.8, 4) is 5.75 Å². The molecule has 0 saturated carbocycles. The number of anilines is 3. The van der Waals surface area contributed by atoms with E-state index in [1.54, 1.807) is 7.11 Å². The van der Waals surface area contributed by atoms with Crippen molar-refractivity contribution in [2.75, 3.05) is 55.4 Å². The van der Waals surface area contributed by atoms with E-state index in [9.17, 15) is 4.79 Å². The number of piperidine rings is 1. The maximum absolute atomic E-state index is 13.2. The van der Waals surface area contributed by atoms with Gasteiger partial charge in [0.25, 0.3) is 0 Å². The van der Waals surface area contributed by atoms with Gasteiger partial charge in [-0.15, -0.1) is 0 Å². The third kappa shape index (κ3) is 3.96. The minimum absolute atomic E-state index is 0.0611. The molecule has 0 aromatic heterocycles. The van der Waals surface area contributed by atoms with Crippen molar-refractivity contribution in [1.29, 1.82) is 0 Å². The fourth-order valence-corrected chi connectivity index (χ4v) is 5.47. The molecule has 0 bridgehead atoms. The first-order valence-electron chi connectivity index (χ1n) is 12.3. The van der Waals surface area contributed by atoms with Crippen LogP contribution in [0.25, 0.3) is 0 Å². The molecule has 2 atom stereocenters. The molecule has 2 N–H and O–H groups in total. The van der Waals surface area contributed by atoms with E-state index in [2.05, 4.69) is 39.5 Å². The van der Waals surface area contributed by atoms with Crippen molar-refractivity contribution >= 4 is 28.9 Å². The average molecular weight is 461 g/mol. The van der Waals surface area contributed by atoms with E-state index in [1.807, 2.05) is 29.2 Å². The van der Waals surface area contributed by atoms with Crippen LogP contribution in [0.1, 0.15) is 30.4 Å². The lowest BCUT2D eigenvalue weighted by atomic mass is 10.00. The molecule has 6 rings (SSSR count). The monoisotopic (exact) mass is 460 g/mol. The molecule has 34 heavy (non-hydrogen) atoms. The van der Waals surface area contributed by atoms with Gasteiger partial charge in [0.2, 0.25) is 0 Å². The number of nitrogens with one attached hydrogen (secondary N) is 2. The largest absolute Gasteiger partial charge is 0.494 e. The van der Waals surface area contributed by atoms with Crippen molar-refractivity contribution in [1.82, 2.24) is 9.80 Å². The standard InChI is InChI=1S/C26H32N6O2/c1-17-6-5-7-18(12-17)27-25-20-13-21(23(34-2)14-22(20)32-16-24(32)29-25)28-26(33)31-11-10-30-9-4-3-8-19(30)15-31/h5-7,12-14,19,24H,3-4,8-11,15-16H2,1-2H3,(H,27,29)(H,28,33). The molecular formula is C26H32N6O2. The van der Waals surface area contributed by atoms with E-state index in [0.29, 0.717) is 17.5 Å². The number of amidine groups is 1. The summed E-state index contributed by atoms with van der Waals surface area (Å²) in [6.07, 6.45) is 3.86. The number of carbonyl (C=O) groups excluding carboxylic acids is 1. The lowest BCUT2D eigenvalue weighted by Crippen LogP contribution is -2.56. The van der Waals surface area contributed by atoms with Crippen LogP contribution in [0.2, 0.25) is 0 Å². The van der Waals surface area contributed by atoms with Gasteiger partial charge in [0.05, 0.1) is 25.0 Å². The highest BCUT2D eigenvalue weighted by molar-refractivity contribution is 6.15. The number of aliphatic imine (C=N–C) groups is 1. The fraction of sp³-hybridized carbons (Fsp3) is 0.462. The first kappa shape index (κ1) is 21.3. The third-order valence-electron chi connectivity index (χ3n) is 7.39.